The molecule has 0 saturated heterocycles. The van der Waals surface area contributed by atoms with Crippen molar-refractivity contribution in [1.82, 2.24) is 4.90 Å². The molecule has 1 nitrogen and oxygen atoms in total. The molecule has 0 radical (unpaired) electrons. The first kappa shape index (κ1) is 23.8. The van der Waals surface area contributed by atoms with Crippen molar-refractivity contribution < 1.29 is 13.2 Å². The van der Waals surface area contributed by atoms with Crippen LogP contribution < -0.4 is 0 Å². The Morgan fingerprint density at radius 1 is 0.931 bits per heavy atom. The number of alkyl halides is 3. The van der Waals surface area contributed by atoms with Crippen molar-refractivity contribution in [3.63, 3.8) is 0 Å². The summed E-state index contributed by atoms with van der Waals surface area (Å²) in [7, 11) is 0. The lowest BCUT2D eigenvalue weighted by molar-refractivity contribution is -0.137. The number of fused-ring (bicyclic) bond motifs is 1. The summed E-state index contributed by atoms with van der Waals surface area (Å²) in [6, 6.07) is 14.4. The number of benzene rings is 2. The van der Waals surface area contributed by atoms with Gasteiger partial charge in [-0.3, -0.25) is 0 Å². The summed E-state index contributed by atoms with van der Waals surface area (Å²) >= 11 is 0. The molecule has 160 valence electrons. The predicted octanol–water partition coefficient (Wildman–Crippen LogP) is 6.75. The topological polar surface area (TPSA) is 3.24 Å². The Labute approximate surface area is 178 Å². The minimum atomic E-state index is -4.28. The number of hydrogen-bond acceptors (Lipinski definition) is 1. The van der Waals surface area contributed by atoms with E-state index in [4.69, 9.17) is 0 Å². The molecule has 5 heteroatoms. The van der Waals surface area contributed by atoms with Gasteiger partial charge in [0.15, 0.2) is 0 Å². The Morgan fingerprint density at radius 2 is 1.48 bits per heavy atom. The average Bonchev–Trinajstić information content (AvgIpc) is 3.11. The van der Waals surface area contributed by atoms with E-state index in [9.17, 15) is 13.2 Å². The highest BCUT2D eigenvalue weighted by molar-refractivity contribution is 5.85. The number of nitrogens with zero attached hydrogens (tertiary/aromatic N) is 1. The van der Waals surface area contributed by atoms with Gasteiger partial charge in [0, 0.05) is 0 Å². The fourth-order valence-electron chi connectivity index (χ4n) is 4.55. The zero-order valence-corrected chi connectivity index (χ0v) is 18.0. The maximum absolute atomic E-state index is 13.0. The summed E-state index contributed by atoms with van der Waals surface area (Å²) in [6.07, 6.45) is -0.151. The van der Waals surface area contributed by atoms with Crippen molar-refractivity contribution in [1.29, 1.82) is 0 Å². The number of hydrogen-bond donors (Lipinski definition) is 0. The molecule has 0 N–H and O–H groups in total. The van der Waals surface area contributed by atoms with Gasteiger partial charge in [-0.25, -0.2) is 0 Å². The van der Waals surface area contributed by atoms with Crippen LogP contribution >= 0.6 is 12.4 Å². The molecule has 0 heterocycles. The minimum Gasteiger partial charge on any atom is -0.304 e. The quantitative estimate of drug-likeness (QED) is 0.452. The monoisotopic (exact) mass is 425 g/mol. The normalized spacial score (nSPS) is 15.2. The van der Waals surface area contributed by atoms with Crippen LogP contribution in [0.2, 0.25) is 0 Å². The van der Waals surface area contributed by atoms with Crippen molar-refractivity contribution in [2.75, 3.05) is 19.6 Å². The fourth-order valence-corrected chi connectivity index (χ4v) is 4.55. The molecule has 3 rings (SSSR count). The van der Waals surface area contributed by atoms with Crippen LogP contribution in [0.3, 0.4) is 0 Å². The van der Waals surface area contributed by atoms with E-state index in [0.717, 1.165) is 50.9 Å². The first-order valence-electron chi connectivity index (χ1n) is 10.4. The van der Waals surface area contributed by atoms with Crippen LogP contribution in [0.1, 0.15) is 54.9 Å². The van der Waals surface area contributed by atoms with Crippen molar-refractivity contribution in [3.05, 3.63) is 70.8 Å². The van der Waals surface area contributed by atoms with Crippen LogP contribution in [-0.4, -0.2) is 24.5 Å². The summed E-state index contributed by atoms with van der Waals surface area (Å²) in [6.45, 7) is 7.46. The third-order valence-corrected chi connectivity index (χ3v) is 6.20. The lowest BCUT2D eigenvalue weighted by Crippen LogP contribution is -2.25. The van der Waals surface area contributed by atoms with Gasteiger partial charge in [-0.2, -0.15) is 13.2 Å². The van der Waals surface area contributed by atoms with E-state index in [-0.39, 0.29) is 12.4 Å². The summed E-state index contributed by atoms with van der Waals surface area (Å²) in [5.74, 6) is 0.760. The molecule has 0 saturated carbocycles. The van der Waals surface area contributed by atoms with Crippen molar-refractivity contribution >= 4 is 12.4 Å². The van der Waals surface area contributed by atoms with Gasteiger partial charge in [-0.15, -0.1) is 12.4 Å². The molecule has 1 aliphatic carbocycles. The van der Waals surface area contributed by atoms with Crippen LogP contribution in [0, 0.1) is 5.92 Å². The van der Waals surface area contributed by atoms with E-state index in [2.05, 4.69) is 43.0 Å². The molecular formula is C24H31ClF3N. The van der Waals surface area contributed by atoms with Crippen LogP contribution in [0.25, 0.3) is 0 Å². The van der Waals surface area contributed by atoms with E-state index in [1.807, 2.05) is 0 Å². The lowest BCUT2D eigenvalue weighted by atomic mass is 9.80. The van der Waals surface area contributed by atoms with Gasteiger partial charge < -0.3 is 4.90 Å². The molecule has 1 atom stereocenters. The molecule has 0 aliphatic heterocycles. The van der Waals surface area contributed by atoms with E-state index < -0.39 is 11.7 Å². The minimum absolute atomic E-state index is 0. The molecule has 0 aromatic heterocycles. The summed E-state index contributed by atoms with van der Waals surface area (Å²) in [4.78, 5) is 2.41. The molecule has 29 heavy (non-hydrogen) atoms. The van der Waals surface area contributed by atoms with Crippen LogP contribution in [0.4, 0.5) is 13.2 Å². The molecule has 0 amide bonds. The predicted molar refractivity (Wildman–Crippen MR) is 116 cm³/mol. The first-order chi connectivity index (χ1) is 13.4. The zero-order chi connectivity index (χ0) is 20.1. The fraction of sp³-hybridized carbons (Fsp3) is 0.500. The smallest absolute Gasteiger partial charge is 0.304 e. The Kier molecular flexibility index (Phi) is 8.59. The van der Waals surface area contributed by atoms with Gasteiger partial charge in [0.1, 0.15) is 0 Å². The number of rotatable bonds is 8. The van der Waals surface area contributed by atoms with Gasteiger partial charge in [-0.1, -0.05) is 50.2 Å². The maximum atomic E-state index is 13.0. The SMILES string of the molecule is CCN(CC)CCCC(c1ccc(C(F)(F)F)cc1)C1Cc2ccccc2C1.Cl. The molecule has 0 bridgehead atoms. The summed E-state index contributed by atoms with van der Waals surface area (Å²) in [5, 5.41) is 0. The Hall–Kier alpha value is -1.52. The summed E-state index contributed by atoms with van der Waals surface area (Å²) < 4.78 is 38.9. The van der Waals surface area contributed by atoms with Crippen molar-refractivity contribution in [2.24, 2.45) is 5.92 Å². The molecule has 0 spiro atoms. The molecular weight excluding hydrogens is 395 g/mol. The summed E-state index contributed by atoms with van der Waals surface area (Å²) in [5.41, 5.74) is 3.28. The van der Waals surface area contributed by atoms with Gasteiger partial charge in [-0.05, 0) is 86.0 Å². The van der Waals surface area contributed by atoms with E-state index in [0.29, 0.717) is 11.8 Å². The Balaban J connectivity index is 0.00000300. The maximum Gasteiger partial charge on any atom is 0.416 e. The highest BCUT2D eigenvalue weighted by Crippen LogP contribution is 2.40. The van der Waals surface area contributed by atoms with E-state index in [1.54, 1.807) is 12.1 Å². The van der Waals surface area contributed by atoms with Gasteiger partial charge in [0.2, 0.25) is 0 Å². The molecule has 2 aromatic rings. The second-order valence-electron chi connectivity index (χ2n) is 7.83. The van der Waals surface area contributed by atoms with Crippen LogP contribution in [-0.2, 0) is 19.0 Å². The van der Waals surface area contributed by atoms with Gasteiger partial charge in [0.25, 0.3) is 0 Å². The van der Waals surface area contributed by atoms with E-state index in [1.165, 1.54) is 23.3 Å². The second kappa shape index (κ2) is 10.5. The Bertz CT molecular complexity index is 728. The van der Waals surface area contributed by atoms with Gasteiger partial charge in [0.05, 0.1) is 5.56 Å². The van der Waals surface area contributed by atoms with E-state index >= 15 is 0 Å². The third kappa shape index (κ3) is 5.99. The standard InChI is InChI=1S/C24H30F3N.ClH/c1-3-28(4-2)15-7-10-23(18-11-13-22(14-12-18)24(25,26)27)21-16-19-8-5-6-9-20(19)17-21;/h5-6,8-9,11-14,21,23H,3-4,7,10,15-17H2,1-2H3;1H. The average molecular weight is 426 g/mol. The largest absolute Gasteiger partial charge is 0.416 e. The van der Waals surface area contributed by atoms with Crippen molar-refractivity contribution in [2.45, 2.75) is 51.6 Å². The van der Waals surface area contributed by atoms with Gasteiger partial charge >= 0.3 is 6.18 Å². The zero-order valence-electron chi connectivity index (χ0n) is 17.2. The molecule has 1 unspecified atom stereocenters. The van der Waals surface area contributed by atoms with Crippen LogP contribution in [0.5, 0.6) is 0 Å². The molecule has 0 fully saturated rings. The second-order valence-corrected chi connectivity index (χ2v) is 7.83. The first-order valence-corrected chi connectivity index (χ1v) is 10.4. The highest BCUT2D eigenvalue weighted by Gasteiger charge is 2.32. The highest BCUT2D eigenvalue weighted by atomic mass is 35.5. The Morgan fingerprint density at radius 3 is 1.97 bits per heavy atom. The molecule has 1 aliphatic rings. The van der Waals surface area contributed by atoms with Crippen LogP contribution in [0.15, 0.2) is 48.5 Å². The third-order valence-electron chi connectivity index (χ3n) is 6.20. The molecule has 2 aromatic carbocycles. The van der Waals surface area contributed by atoms with Crippen molar-refractivity contribution in [3.8, 4) is 0 Å². The lowest BCUT2D eigenvalue weighted by Gasteiger charge is -2.26. The number of halogens is 4.